The van der Waals surface area contributed by atoms with Crippen LogP contribution in [-0.2, 0) is 14.8 Å². The summed E-state index contributed by atoms with van der Waals surface area (Å²) < 4.78 is 30.7. The normalized spacial score (nSPS) is 15.6. The average Bonchev–Trinajstić information content (AvgIpc) is 3.25. The SMILES string of the molecule is Cc1c(C)c(C)c(S(=O)(=O)NCCC(=O)N2CCC(n3ccnc3)CC2)c(C)c1C. The van der Waals surface area contributed by atoms with Crippen molar-refractivity contribution in [3.63, 3.8) is 0 Å². The molecular weight excluding hydrogens is 400 g/mol. The number of hydrogen-bond donors (Lipinski definition) is 1. The molecule has 1 N–H and O–H groups in total. The third-order valence-electron chi connectivity index (χ3n) is 6.59. The van der Waals surface area contributed by atoms with Gasteiger partial charge in [0.25, 0.3) is 0 Å². The number of carbonyl (C=O) groups excluding carboxylic acids is 1. The van der Waals surface area contributed by atoms with Crippen LogP contribution in [0.2, 0.25) is 0 Å². The minimum Gasteiger partial charge on any atom is -0.343 e. The molecule has 0 radical (unpaired) electrons. The number of piperidine rings is 1. The first kappa shape index (κ1) is 22.5. The van der Waals surface area contributed by atoms with Crippen molar-refractivity contribution in [1.29, 1.82) is 0 Å². The van der Waals surface area contributed by atoms with E-state index in [9.17, 15) is 13.2 Å². The van der Waals surface area contributed by atoms with E-state index >= 15 is 0 Å². The van der Waals surface area contributed by atoms with Gasteiger partial charge >= 0.3 is 0 Å². The average molecular weight is 433 g/mol. The molecule has 1 aromatic heterocycles. The molecule has 30 heavy (non-hydrogen) atoms. The molecular formula is C22H32N4O3S. The fourth-order valence-corrected chi connectivity index (χ4v) is 5.92. The summed E-state index contributed by atoms with van der Waals surface area (Å²) in [5, 5.41) is 0. The number of imidazole rings is 1. The molecule has 0 saturated carbocycles. The number of nitrogens with zero attached hydrogens (tertiary/aromatic N) is 3. The van der Waals surface area contributed by atoms with Gasteiger partial charge in [-0.25, -0.2) is 18.1 Å². The fraction of sp³-hybridized carbons (Fsp3) is 0.545. The van der Waals surface area contributed by atoms with Gasteiger partial charge in [0.2, 0.25) is 15.9 Å². The standard InChI is InChI=1S/C22H32N4O3S/c1-15-16(2)18(4)22(19(5)17(15)3)30(28,29)24-9-6-21(27)25-11-7-20(8-12-25)26-13-10-23-14-26/h10,13-14,20,24H,6-9,11-12H2,1-5H3. The Kier molecular flexibility index (Phi) is 6.67. The maximum absolute atomic E-state index is 13.0. The highest BCUT2D eigenvalue weighted by molar-refractivity contribution is 7.89. The molecule has 0 bridgehead atoms. The van der Waals surface area contributed by atoms with E-state index in [1.54, 1.807) is 6.20 Å². The lowest BCUT2D eigenvalue weighted by molar-refractivity contribution is -0.132. The summed E-state index contributed by atoms with van der Waals surface area (Å²) in [6.07, 6.45) is 7.47. The molecule has 2 heterocycles. The Morgan fingerprint density at radius 1 is 1.03 bits per heavy atom. The van der Waals surface area contributed by atoms with Crippen molar-refractivity contribution in [3.05, 3.63) is 46.5 Å². The van der Waals surface area contributed by atoms with Gasteiger partial charge in [0.15, 0.2) is 0 Å². The van der Waals surface area contributed by atoms with Gasteiger partial charge in [0.1, 0.15) is 0 Å². The first-order chi connectivity index (χ1) is 14.1. The number of amides is 1. The molecule has 1 aliphatic heterocycles. The second kappa shape index (κ2) is 8.89. The van der Waals surface area contributed by atoms with Crippen LogP contribution in [0.15, 0.2) is 23.6 Å². The zero-order chi connectivity index (χ0) is 22.1. The van der Waals surface area contributed by atoms with Crippen LogP contribution >= 0.6 is 0 Å². The number of nitrogens with one attached hydrogen (secondary N) is 1. The van der Waals surface area contributed by atoms with Crippen LogP contribution < -0.4 is 4.72 Å². The number of aromatic nitrogens is 2. The molecule has 1 saturated heterocycles. The number of benzene rings is 1. The van der Waals surface area contributed by atoms with Crippen molar-refractivity contribution in [2.75, 3.05) is 19.6 Å². The van der Waals surface area contributed by atoms with Crippen molar-refractivity contribution in [2.24, 2.45) is 0 Å². The highest BCUT2D eigenvalue weighted by Crippen LogP contribution is 2.29. The van der Waals surface area contributed by atoms with E-state index in [4.69, 9.17) is 0 Å². The zero-order valence-corrected chi connectivity index (χ0v) is 19.3. The highest BCUT2D eigenvalue weighted by Gasteiger charge is 2.26. The Hall–Kier alpha value is -2.19. The second-order valence-corrected chi connectivity index (χ2v) is 9.93. The van der Waals surface area contributed by atoms with Gasteiger partial charge in [-0.05, 0) is 75.3 Å². The van der Waals surface area contributed by atoms with E-state index in [1.165, 1.54) is 0 Å². The van der Waals surface area contributed by atoms with Crippen LogP contribution in [0, 0.1) is 34.6 Å². The van der Waals surface area contributed by atoms with E-state index < -0.39 is 10.0 Å². The third-order valence-corrected chi connectivity index (χ3v) is 8.33. The molecule has 164 valence electrons. The van der Waals surface area contributed by atoms with Crippen LogP contribution in [0.1, 0.15) is 53.1 Å². The monoisotopic (exact) mass is 432 g/mol. The van der Waals surface area contributed by atoms with Crippen LogP contribution in [-0.4, -0.2) is 48.4 Å². The number of rotatable bonds is 6. The van der Waals surface area contributed by atoms with Crippen molar-refractivity contribution in [3.8, 4) is 0 Å². The molecule has 7 nitrogen and oxygen atoms in total. The zero-order valence-electron chi connectivity index (χ0n) is 18.5. The maximum atomic E-state index is 13.0. The van der Waals surface area contributed by atoms with Crippen LogP contribution in [0.3, 0.4) is 0 Å². The number of sulfonamides is 1. The molecule has 2 aromatic rings. The van der Waals surface area contributed by atoms with Gasteiger partial charge in [-0.2, -0.15) is 0 Å². The summed E-state index contributed by atoms with van der Waals surface area (Å²) in [4.78, 5) is 18.8. The van der Waals surface area contributed by atoms with E-state index in [-0.39, 0.29) is 18.9 Å². The molecule has 0 unspecified atom stereocenters. The van der Waals surface area contributed by atoms with Gasteiger partial charge in [-0.3, -0.25) is 4.79 Å². The van der Waals surface area contributed by atoms with Gasteiger partial charge in [0, 0.05) is 44.5 Å². The predicted molar refractivity (Wildman–Crippen MR) is 117 cm³/mol. The van der Waals surface area contributed by atoms with Gasteiger partial charge < -0.3 is 9.47 Å². The molecule has 0 atom stereocenters. The molecule has 1 amide bonds. The minimum atomic E-state index is -3.68. The number of likely N-dealkylation sites (tertiary alicyclic amines) is 1. The lowest BCUT2D eigenvalue weighted by Crippen LogP contribution is -2.40. The van der Waals surface area contributed by atoms with Gasteiger partial charge in [-0.15, -0.1) is 0 Å². The Labute approximate surface area is 179 Å². The highest BCUT2D eigenvalue weighted by atomic mass is 32.2. The van der Waals surface area contributed by atoms with E-state index in [2.05, 4.69) is 14.3 Å². The fourth-order valence-electron chi connectivity index (χ4n) is 4.29. The lowest BCUT2D eigenvalue weighted by Gasteiger charge is -2.32. The molecule has 0 spiro atoms. The molecule has 1 aliphatic rings. The minimum absolute atomic E-state index is 0.00788. The second-order valence-electron chi connectivity index (χ2n) is 8.22. The summed E-state index contributed by atoms with van der Waals surface area (Å²) in [5.74, 6) is -0.00788. The van der Waals surface area contributed by atoms with E-state index in [0.717, 1.165) is 40.7 Å². The largest absolute Gasteiger partial charge is 0.343 e. The maximum Gasteiger partial charge on any atom is 0.241 e. The Balaban J connectivity index is 1.58. The molecule has 8 heteroatoms. The summed E-state index contributed by atoms with van der Waals surface area (Å²) in [5.41, 5.74) is 4.66. The first-order valence-electron chi connectivity index (χ1n) is 10.4. The Bertz CT molecular complexity index is 992. The van der Waals surface area contributed by atoms with Crippen LogP contribution in [0.5, 0.6) is 0 Å². The number of hydrogen-bond acceptors (Lipinski definition) is 4. The van der Waals surface area contributed by atoms with Crippen molar-refractivity contribution < 1.29 is 13.2 Å². The number of carbonyl (C=O) groups is 1. The topological polar surface area (TPSA) is 84.3 Å². The summed E-state index contributed by atoms with van der Waals surface area (Å²) in [7, 11) is -3.68. The van der Waals surface area contributed by atoms with Crippen molar-refractivity contribution in [2.45, 2.75) is 64.8 Å². The first-order valence-corrected chi connectivity index (χ1v) is 11.9. The van der Waals surface area contributed by atoms with E-state index in [1.807, 2.05) is 52.0 Å². The van der Waals surface area contributed by atoms with Crippen LogP contribution in [0.25, 0.3) is 0 Å². The molecule has 3 rings (SSSR count). The smallest absolute Gasteiger partial charge is 0.241 e. The third kappa shape index (κ3) is 4.44. The Morgan fingerprint density at radius 3 is 2.13 bits per heavy atom. The molecule has 1 fully saturated rings. The lowest BCUT2D eigenvalue weighted by atomic mass is 9.95. The molecule has 1 aromatic carbocycles. The van der Waals surface area contributed by atoms with Gasteiger partial charge in [-0.1, -0.05) is 0 Å². The summed E-state index contributed by atoms with van der Waals surface area (Å²) in [6, 6.07) is 0.369. The van der Waals surface area contributed by atoms with E-state index in [0.29, 0.717) is 24.0 Å². The molecule has 0 aliphatic carbocycles. The van der Waals surface area contributed by atoms with Crippen molar-refractivity contribution in [1.82, 2.24) is 19.2 Å². The van der Waals surface area contributed by atoms with Crippen molar-refractivity contribution >= 4 is 15.9 Å². The predicted octanol–water partition coefficient (Wildman–Crippen LogP) is 2.96. The van der Waals surface area contributed by atoms with Gasteiger partial charge in [0.05, 0.1) is 11.2 Å². The Morgan fingerprint density at radius 2 is 1.60 bits per heavy atom. The quantitative estimate of drug-likeness (QED) is 0.761. The van der Waals surface area contributed by atoms with Crippen LogP contribution in [0.4, 0.5) is 0 Å². The summed E-state index contributed by atoms with van der Waals surface area (Å²) in [6.45, 7) is 11.1. The summed E-state index contributed by atoms with van der Waals surface area (Å²) >= 11 is 0.